The van der Waals surface area contributed by atoms with Gasteiger partial charge in [0.15, 0.2) is 16.6 Å². The Hall–Kier alpha value is -3.06. The summed E-state index contributed by atoms with van der Waals surface area (Å²) in [6.45, 7) is 0. The molecule has 2 aromatic carbocycles. The van der Waals surface area contributed by atoms with E-state index in [0.29, 0.717) is 5.13 Å². The Balaban J connectivity index is 1.75. The van der Waals surface area contributed by atoms with Crippen LogP contribution in [0.3, 0.4) is 0 Å². The van der Waals surface area contributed by atoms with E-state index in [9.17, 15) is 15.0 Å². The van der Waals surface area contributed by atoms with E-state index in [1.165, 1.54) is 29.5 Å². The predicted molar refractivity (Wildman–Crippen MR) is 91.8 cm³/mol. The van der Waals surface area contributed by atoms with Crippen LogP contribution in [0.4, 0.5) is 5.13 Å². The third-order valence-electron chi connectivity index (χ3n) is 3.35. The molecule has 0 radical (unpaired) electrons. The van der Waals surface area contributed by atoms with Crippen LogP contribution in [0.2, 0.25) is 0 Å². The number of phenolic OH excluding ortho intramolecular Hbond substituents is 2. The second-order valence-corrected chi connectivity index (χ2v) is 5.78. The van der Waals surface area contributed by atoms with E-state index in [1.54, 1.807) is 7.11 Å². The molecule has 24 heavy (non-hydrogen) atoms. The summed E-state index contributed by atoms with van der Waals surface area (Å²) < 4.78 is 5.12. The lowest BCUT2D eigenvalue weighted by Crippen LogP contribution is -2.11. The number of thiazole rings is 1. The average Bonchev–Trinajstić information content (AvgIpc) is 3.06. The Morgan fingerprint density at radius 2 is 1.88 bits per heavy atom. The highest BCUT2D eigenvalue weighted by atomic mass is 32.1. The molecule has 0 saturated heterocycles. The summed E-state index contributed by atoms with van der Waals surface area (Å²) in [6, 6.07) is 11.3. The lowest BCUT2D eigenvalue weighted by Gasteiger charge is -2.03. The van der Waals surface area contributed by atoms with Gasteiger partial charge in [-0.05, 0) is 42.5 Å². The molecule has 0 unspecified atom stereocenters. The topological polar surface area (TPSA) is 91.7 Å². The molecule has 122 valence electrons. The molecule has 3 N–H and O–H groups in total. The number of anilines is 1. The Labute approximate surface area is 142 Å². The number of methoxy groups -OCH3 is 1. The summed E-state index contributed by atoms with van der Waals surface area (Å²) in [4.78, 5) is 16.5. The predicted octanol–water partition coefficient (Wildman–Crippen LogP) is 3.48. The molecule has 0 bridgehead atoms. The van der Waals surface area contributed by atoms with Crippen LogP contribution < -0.4 is 10.1 Å². The molecule has 1 aromatic heterocycles. The number of aromatic hydroxyl groups is 2. The van der Waals surface area contributed by atoms with Crippen LogP contribution in [0.15, 0.2) is 47.8 Å². The maximum atomic E-state index is 12.2. The molecule has 1 amide bonds. The van der Waals surface area contributed by atoms with Gasteiger partial charge in [-0.2, -0.15) is 0 Å². The number of rotatable bonds is 4. The molecule has 7 heteroatoms. The fourth-order valence-electron chi connectivity index (χ4n) is 2.06. The number of phenols is 2. The van der Waals surface area contributed by atoms with Crippen molar-refractivity contribution in [2.75, 3.05) is 12.4 Å². The second kappa shape index (κ2) is 6.59. The van der Waals surface area contributed by atoms with Crippen LogP contribution in [-0.2, 0) is 0 Å². The number of carbonyl (C=O) groups is 1. The number of nitrogens with zero attached hydrogens (tertiary/aromatic N) is 1. The van der Waals surface area contributed by atoms with Crippen molar-refractivity contribution in [3.63, 3.8) is 0 Å². The van der Waals surface area contributed by atoms with Gasteiger partial charge in [-0.25, -0.2) is 4.98 Å². The third kappa shape index (κ3) is 3.31. The number of hydrogen-bond donors (Lipinski definition) is 3. The van der Waals surface area contributed by atoms with Crippen molar-refractivity contribution in [1.82, 2.24) is 4.98 Å². The quantitative estimate of drug-likeness (QED) is 0.631. The number of aromatic nitrogens is 1. The molecule has 6 nitrogen and oxygen atoms in total. The van der Waals surface area contributed by atoms with Crippen LogP contribution >= 0.6 is 11.3 Å². The lowest BCUT2D eigenvalue weighted by molar-refractivity contribution is 0.102. The van der Waals surface area contributed by atoms with Crippen molar-refractivity contribution in [3.8, 4) is 28.5 Å². The molecule has 0 aliphatic rings. The van der Waals surface area contributed by atoms with Crippen LogP contribution in [0.5, 0.6) is 17.2 Å². The van der Waals surface area contributed by atoms with Crippen molar-refractivity contribution in [2.24, 2.45) is 0 Å². The van der Waals surface area contributed by atoms with Gasteiger partial charge < -0.3 is 14.9 Å². The highest BCUT2D eigenvalue weighted by molar-refractivity contribution is 7.14. The lowest BCUT2D eigenvalue weighted by atomic mass is 10.2. The van der Waals surface area contributed by atoms with E-state index in [1.807, 2.05) is 29.6 Å². The number of carbonyl (C=O) groups excluding carboxylic acids is 1. The monoisotopic (exact) mass is 342 g/mol. The zero-order valence-electron chi connectivity index (χ0n) is 12.7. The van der Waals surface area contributed by atoms with Crippen LogP contribution in [0.25, 0.3) is 11.3 Å². The van der Waals surface area contributed by atoms with Gasteiger partial charge >= 0.3 is 0 Å². The minimum atomic E-state index is -0.416. The van der Waals surface area contributed by atoms with E-state index in [2.05, 4.69) is 10.3 Å². The zero-order chi connectivity index (χ0) is 17.1. The average molecular weight is 342 g/mol. The fourth-order valence-corrected chi connectivity index (χ4v) is 2.77. The summed E-state index contributed by atoms with van der Waals surface area (Å²) in [5, 5.41) is 23.7. The molecule has 3 rings (SSSR count). The minimum Gasteiger partial charge on any atom is -0.504 e. The maximum absolute atomic E-state index is 12.2. The molecule has 0 atom stereocenters. The molecule has 0 aliphatic heterocycles. The Kier molecular flexibility index (Phi) is 4.35. The third-order valence-corrected chi connectivity index (χ3v) is 4.11. The first-order valence-electron chi connectivity index (χ1n) is 7.00. The van der Waals surface area contributed by atoms with Crippen molar-refractivity contribution in [3.05, 3.63) is 53.4 Å². The summed E-state index contributed by atoms with van der Waals surface area (Å²) in [6.07, 6.45) is 0. The Morgan fingerprint density at radius 3 is 2.54 bits per heavy atom. The van der Waals surface area contributed by atoms with Gasteiger partial charge in [0.1, 0.15) is 5.75 Å². The largest absolute Gasteiger partial charge is 0.504 e. The van der Waals surface area contributed by atoms with Gasteiger partial charge in [-0.1, -0.05) is 0 Å². The molecular weight excluding hydrogens is 328 g/mol. The summed E-state index contributed by atoms with van der Waals surface area (Å²) in [5.74, 6) is -0.279. The molecule has 0 saturated carbocycles. The van der Waals surface area contributed by atoms with E-state index in [0.717, 1.165) is 17.0 Å². The van der Waals surface area contributed by atoms with Crippen molar-refractivity contribution < 1.29 is 19.7 Å². The summed E-state index contributed by atoms with van der Waals surface area (Å²) in [5.41, 5.74) is 1.88. The summed E-state index contributed by atoms with van der Waals surface area (Å²) in [7, 11) is 1.60. The second-order valence-electron chi connectivity index (χ2n) is 4.92. The molecule has 0 aliphatic carbocycles. The smallest absolute Gasteiger partial charge is 0.257 e. The number of ether oxygens (including phenoxy) is 1. The normalized spacial score (nSPS) is 10.4. The minimum absolute atomic E-state index is 0.228. The first-order valence-corrected chi connectivity index (χ1v) is 7.88. The van der Waals surface area contributed by atoms with Gasteiger partial charge in [0.05, 0.1) is 12.8 Å². The molecular formula is C17H14N2O4S. The molecule has 3 aromatic rings. The fraction of sp³-hybridized carbons (Fsp3) is 0.0588. The molecule has 0 spiro atoms. The highest BCUT2D eigenvalue weighted by Crippen LogP contribution is 2.28. The van der Waals surface area contributed by atoms with E-state index >= 15 is 0 Å². The van der Waals surface area contributed by atoms with Gasteiger partial charge in [0.25, 0.3) is 5.91 Å². The number of amides is 1. The van der Waals surface area contributed by atoms with Crippen LogP contribution in [0.1, 0.15) is 10.4 Å². The number of nitrogens with one attached hydrogen (secondary N) is 1. The molecule has 0 fully saturated rings. The van der Waals surface area contributed by atoms with Crippen LogP contribution in [-0.4, -0.2) is 28.2 Å². The van der Waals surface area contributed by atoms with E-state index in [-0.39, 0.29) is 17.1 Å². The number of hydrogen-bond acceptors (Lipinski definition) is 6. The first kappa shape index (κ1) is 15.8. The van der Waals surface area contributed by atoms with Crippen molar-refractivity contribution in [2.45, 2.75) is 0 Å². The Bertz CT molecular complexity index is 875. The SMILES string of the molecule is COc1ccc(-c2csc(NC(=O)c3ccc(O)c(O)c3)n2)cc1. The number of benzene rings is 2. The summed E-state index contributed by atoms with van der Waals surface area (Å²) >= 11 is 1.30. The standard InChI is InChI=1S/C17H14N2O4S/c1-23-12-5-2-10(3-6-12)13-9-24-17(18-13)19-16(22)11-4-7-14(20)15(21)8-11/h2-9,20-21H,1H3,(H,18,19,22). The van der Waals surface area contributed by atoms with Crippen LogP contribution in [0, 0.1) is 0 Å². The van der Waals surface area contributed by atoms with Gasteiger partial charge in [-0.3, -0.25) is 10.1 Å². The first-order chi connectivity index (χ1) is 11.6. The highest BCUT2D eigenvalue weighted by Gasteiger charge is 2.12. The van der Waals surface area contributed by atoms with E-state index < -0.39 is 5.91 Å². The Morgan fingerprint density at radius 1 is 1.12 bits per heavy atom. The van der Waals surface area contributed by atoms with Gasteiger partial charge in [0.2, 0.25) is 0 Å². The zero-order valence-corrected chi connectivity index (χ0v) is 13.5. The van der Waals surface area contributed by atoms with Gasteiger partial charge in [-0.15, -0.1) is 11.3 Å². The maximum Gasteiger partial charge on any atom is 0.257 e. The van der Waals surface area contributed by atoms with Gasteiger partial charge in [0, 0.05) is 16.5 Å². The van der Waals surface area contributed by atoms with Crippen molar-refractivity contribution in [1.29, 1.82) is 0 Å². The van der Waals surface area contributed by atoms with E-state index in [4.69, 9.17) is 4.74 Å². The molecule has 1 heterocycles. The van der Waals surface area contributed by atoms with Crippen molar-refractivity contribution >= 4 is 22.4 Å².